The van der Waals surface area contributed by atoms with Crippen LogP contribution in [0.25, 0.3) is 16.5 Å². The molecule has 1 aliphatic heterocycles. The van der Waals surface area contributed by atoms with Crippen LogP contribution in [0.1, 0.15) is 69.9 Å². The summed E-state index contributed by atoms with van der Waals surface area (Å²) in [5, 5.41) is 13.2. The van der Waals surface area contributed by atoms with Crippen LogP contribution < -0.4 is 9.84 Å². The van der Waals surface area contributed by atoms with Gasteiger partial charge in [-0.3, -0.25) is 0 Å². The summed E-state index contributed by atoms with van der Waals surface area (Å²) >= 11 is 6.18. The number of H-pyrrole nitrogens is 1. The zero-order valence-electron chi connectivity index (χ0n) is 26.0. The van der Waals surface area contributed by atoms with E-state index in [1.54, 1.807) is 23.9 Å². The number of carboxylic acid groups (broad SMARTS) is 1. The van der Waals surface area contributed by atoms with E-state index in [9.17, 15) is 23.1 Å². The largest absolute Gasteiger partial charge is 0.545 e. The monoisotopic (exact) mass is 649 g/mol. The van der Waals surface area contributed by atoms with Crippen molar-refractivity contribution in [2.75, 3.05) is 13.1 Å². The fraction of sp³-hybridized carbons (Fsp3) is 0.378. The molecule has 0 radical (unpaired) electrons. The van der Waals surface area contributed by atoms with Gasteiger partial charge >= 0.3 is 6.18 Å². The molecule has 6 rings (SSSR count). The predicted octanol–water partition coefficient (Wildman–Crippen LogP) is 8.83. The van der Waals surface area contributed by atoms with E-state index in [4.69, 9.17) is 16.3 Å². The molecule has 5 nitrogen and oxygen atoms in total. The summed E-state index contributed by atoms with van der Waals surface area (Å²) < 4.78 is 47.6. The molecule has 0 atom stereocenters. The van der Waals surface area contributed by atoms with Gasteiger partial charge in [-0.25, -0.2) is 0 Å². The van der Waals surface area contributed by atoms with Gasteiger partial charge in [-0.1, -0.05) is 49.2 Å². The van der Waals surface area contributed by atoms with Gasteiger partial charge in [-0.15, -0.1) is 0 Å². The number of hydrogen-bond donors (Lipinski definition) is 1. The van der Waals surface area contributed by atoms with Gasteiger partial charge in [0.15, 0.2) is 0 Å². The predicted molar refractivity (Wildman–Crippen MR) is 173 cm³/mol. The Morgan fingerprint density at radius 2 is 1.87 bits per heavy atom. The number of nitrogens with one attached hydrogen (secondary N) is 1. The fourth-order valence-electron chi connectivity index (χ4n) is 6.89. The van der Waals surface area contributed by atoms with Crippen molar-refractivity contribution in [1.82, 2.24) is 9.88 Å². The van der Waals surface area contributed by atoms with Crippen molar-refractivity contribution in [1.29, 1.82) is 0 Å². The molecular weight excluding hydrogens is 613 g/mol. The van der Waals surface area contributed by atoms with E-state index < -0.39 is 23.5 Å². The first-order chi connectivity index (χ1) is 21.8. The number of piperidine rings is 1. The number of carboxylic acids is 1. The quantitative estimate of drug-likeness (QED) is 0.278. The number of allylic oxidation sites excluding steroid dienone is 4. The third-order valence-corrected chi connectivity index (χ3v) is 9.70. The molecule has 0 unspecified atom stereocenters. The maximum absolute atomic E-state index is 13.9. The summed E-state index contributed by atoms with van der Waals surface area (Å²) in [5.41, 5.74) is 4.35. The minimum absolute atomic E-state index is 0.0370. The number of carbonyl (C=O) groups is 1. The molecule has 9 heteroatoms. The van der Waals surface area contributed by atoms with Crippen molar-refractivity contribution in [3.05, 3.63) is 106 Å². The zero-order valence-corrected chi connectivity index (χ0v) is 26.7. The maximum atomic E-state index is 13.9. The highest BCUT2D eigenvalue weighted by atomic mass is 35.5. The van der Waals surface area contributed by atoms with Gasteiger partial charge in [0.25, 0.3) is 0 Å². The molecule has 3 aromatic rings. The number of aromatic nitrogens is 1. The lowest BCUT2D eigenvalue weighted by Gasteiger charge is -2.37. The SMILES string of the molecule is CC1(C)CCC(CC2CCN(C=C3C=CC(C(=O)[O-])=C(Oc4cc5cc[nH]c5cc4C(F)(F)F)C3)CC2)=C(c2ccc(Cl)cc2)C1. The van der Waals surface area contributed by atoms with E-state index in [-0.39, 0.29) is 23.2 Å². The Labute approximate surface area is 272 Å². The number of likely N-dealkylation sites (tertiary alicyclic amines) is 1. The van der Waals surface area contributed by atoms with E-state index in [0.29, 0.717) is 16.8 Å². The number of rotatable bonds is 7. The highest BCUT2D eigenvalue weighted by Crippen LogP contribution is 2.46. The molecule has 2 aromatic carbocycles. The minimum atomic E-state index is -4.69. The van der Waals surface area contributed by atoms with Crippen molar-refractivity contribution < 1.29 is 27.8 Å². The molecular formula is C37H37ClF3N2O3-. The van der Waals surface area contributed by atoms with Gasteiger partial charge in [0.2, 0.25) is 0 Å². The molecule has 0 amide bonds. The number of ether oxygens (including phenoxy) is 1. The molecule has 0 saturated carbocycles. The number of halogens is 4. The molecule has 2 aliphatic carbocycles. The van der Waals surface area contributed by atoms with E-state index in [1.165, 1.54) is 29.7 Å². The highest BCUT2D eigenvalue weighted by Gasteiger charge is 2.36. The standard InChI is InChI=1S/C37H38ClF3N2O3/c1-36(2)13-9-26(30(21-36)25-4-6-28(38)7-5-25)17-23-11-15-43(16-12-23)22-24-3-8-29(35(44)45)33(18-24)46-34-19-27-10-14-42-32(27)20-31(34)37(39,40)41/h3-8,10,14,19-20,22-23,42H,9,11-13,15-18,21H2,1-2H3,(H,44,45)/p-1. The molecule has 2 heterocycles. The number of fused-ring (bicyclic) bond motifs is 1. The number of hydrogen-bond acceptors (Lipinski definition) is 4. The smallest absolute Gasteiger partial charge is 0.420 e. The van der Waals surface area contributed by atoms with Gasteiger partial charge in [-0.05, 0) is 103 Å². The van der Waals surface area contributed by atoms with Gasteiger partial charge in [-0.2, -0.15) is 13.2 Å². The second kappa shape index (κ2) is 12.7. The summed E-state index contributed by atoms with van der Waals surface area (Å²) in [7, 11) is 0. The van der Waals surface area contributed by atoms with Crippen molar-refractivity contribution in [2.24, 2.45) is 11.3 Å². The topological polar surface area (TPSA) is 68.4 Å². The molecule has 0 bridgehead atoms. The summed E-state index contributed by atoms with van der Waals surface area (Å²) in [6, 6.07) is 12.1. The molecule has 1 aromatic heterocycles. The minimum Gasteiger partial charge on any atom is -0.545 e. The Hall–Kier alpha value is -3.91. The molecule has 242 valence electrons. The molecule has 1 saturated heterocycles. The van der Waals surface area contributed by atoms with Crippen molar-refractivity contribution >= 4 is 34.0 Å². The van der Waals surface area contributed by atoms with Gasteiger partial charge < -0.3 is 24.5 Å². The molecule has 1 N–H and O–H groups in total. The summed E-state index contributed by atoms with van der Waals surface area (Å²) in [6.45, 7) is 6.35. The highest BCUT2D eigenvalue weighted by molar-refractivity contribution is 6.30. The van der Waals surface area contributed by atoms with Crippen LogP contribution in [-0.2, 0) is 11.0 Å². The van der Waals surface area contributed by atoms with Crippen molar-refractivity contribution in [3.63, 3.8) is 0 Å². The number of nitrogens with zero attached hydrogens (tertiary/aromatic N) is 1. The number of aliphatic carboxylic acids is 1. The summed E-state index contributed by atoms with van der Waals surface area (Å²) in [5.74, 6) is -1.46. The first kappa shape index (κ1) is 32.0. The van der Waals surface area contributed by atoms with Gasteiger partial charge in [0.05, 0.1) is 5.97 Å². The lowest BCUT2D eigenvalue weighted by Crippen LogP contribution is -2.31. The first-order valence-electron chi connectivity index (χ1n) is 15.7. The third kappa shape index (κ3) is 7.22. The number of carbonyl (C=O) groups excluding carboxylic acids is 1. The van der Waals surface area contributed by atoms with Gasteiger partial charge in [0.1, 0.15) is 17.1 Å². The summed E-state index contributed by atoms with van der Waals surface area (Å²) in [4.78, 5) is 16.9. The van der Waals surface area contributed by atoms with Crippen LogP contribution >= 0.6 is 11.6 Å². The maximum Gasteiger partial charge on any atom is 0.420 e. The Kier molecular flexibility index (Phi) is 8.85. The van der Waals surface area contributed by atoms with E-state index >= 15 is 0 Å². The number of alkyl halides is 3. The molecule has 1 fully saturated rings. The average Bonchev–Trinajstić information content (AvgIpc) is 3.46. The first-order valence-corrected chi connectivity index (χ1v) is 16.1. The Morgan fingerprint density at radius 1 is 1.13 bits per heavy atom. The zero-order chi connectivity index (χ0) is 32.6. The van der Waals surface area contributed by atoms with E-state index in [1.807, 2.05) is 18.3 Å². The van der Waals surface area contributed by atoms with Crippen LogP contribution in [0.3, 0.4) is 0 Å². The van der Waals surface area contributed by atoms with Crippen LogP contribution in [0.4, 0.5) is 13.2 Å². The van der Waals surface area contributed by atoms with Crippen LogP contribution in [0.2, 0.25) is 5.02 Å². The fourth-order valence-corrected chi connectivity index (χ4v) is 7.01. The van der Waals surface area contributed by atoms with Crippen LogP contribution in [-0.4, -0.2) is 28.9 Å². The van der Waals surface area contributed by atoms with Crippen LogP contribution in [0, 0.1) is 11.3 Å². The second-order valence-electron chi connectivity index (χ2n) is 13.5. The lowest BCUT2D eigenvalue weighted by atomic mass is 9.70. The molecule has 3 aliphatic rings. The van der Waals surface area contributed by atoms with Crippen molar-refractivity contribution in [2.45, 2.75) is 65.0 Å². The normalized spacial score (nSPS) is 20.2. The Morgan fingerprint density at radius 3 is 2.57 bits per heavy atom. The average molecular weight is 650 g/mol. The van der Waals surface area contributed by atoms with Crippen LogP contribution in [0.15, 0.2) is 89.5 Å². The molecule has 0 spiro atoms. The number of benzene rings is 2. The van der Waals surface area contributed by atoms with Crippen molar-refractivity contribution in [3.8, 4) is 5.75 Å². The van der Waals surface area contributed by atoms with Crippen LogP contribution in [0.5, 0.6) is 5.75 Å². The third-order valence-electron chi connectivity index (χ3n) is 9.45. The van der Waals surface area contributed by atoms with E-state index in [2.05, 4.69) is 35.9 Å². The Bertz CT molecular complexity index is 1750. The van der Waals surface area contributed by atoms with Gasteiger partial charge in [0, 0.05) is 53.4 Å². The second-order valence-corrected chi connectivity index (χ2v) is 13.9. The number of aromatic amines is 1. The lowest BCUT2D eigenvalue weighted by molar-refractivity contribution is -0.299. The molecule has 46 heavy (non-hydrogen) atoms. The Balaban J connectivity index is 1.15. The summed E-state index contributed by atoms with van der Waals surface area (Å²) in [6.07, 6.45) is 8.32. The van der Waals surface area contributed by atoms with E-state index in [0.717, 1.165) is 61.9 Å².